The van der Waals surface area contributed by atoms with Crippen LogP contribution in [0.25, 0.3) is 0 Å². The Kier molecular flexibility index (Phi) is 3.56. The molecule has 1 aliphatic rings. The first kappa shape index (κ1) is 7.84. The van der Waals surface area contributed by atoms with Crippen LogP contribution in [0.3, 0.4) is 0 Å². The zero-order valence-electron chi connectivity index (χ0n) is 6.68. The van der Waals surface area contributed by atoms with Crippen molar-refractivity contribution in [1.82, 2.24) is 0 Å². The Morgan fingerprint density at radius 3 is 2.60 bits per heavy atom. The van der Waals surface area contributed by atoms with E-state index in [4.69, 9.17) is 0 Å². The molecule has 0 aromatic rings. The maximum Gasteiger partial charge on any atom is -0.0234 e. The van der Waals surface area contributed by atoms with Crippen molar-refractivity contribution in [2.75, 3.05) is 0 Å². The van der Waals surface area contributed by atoms with E-state index in [-0.39, 0.29) is 0 Å². The molecular formula is C10H17. The third-order valence-corrected chi connectivity index (χ3v) is 2.18. The van der Waals surface area contributed by atoms with Gasteiger partial charge in [-0.05, 0) is 31.6 Å². The predicted octanol–water partition coefficient (Wildman–Crippen LogP) is 3.35. The minimum atomic E-state index is 0.909. The van der Waals surface area contributed by atoms with Crippen molar-refractivity contribution < 1.29 is 0 Å². The summed E-state index contributed by atoms with van der Waals surface area (Å²) >= 11 is 0. The number of unbranched alkanes of at least 4 members (excludes halogenated alkanes) is 1. The molecule has 0 amide bonds. The minimum absolute atomic E-state index is 0.909. The van der Waals surface area contributed by atoms with Gasteiger partial charge in [0.05, 0.1) is 0 Å². The van der Waals surface area contributed by atoms with Crippen LogP contribution in [-0.4, -0.2) is 0 Å². The van der Waals surface area contributed by atoms with E-state index in [9.17, 15) is 0 Å². The Morgan fingerprint density at radius 2 is 2.00 bits per heavy atom. The SMILES string of the molecule is [CH2]CC/C=C/C1CCCC1. The van der Waals surface area contributed by atoms with Crippen LogP contribution in [-0.2, 0) is 0 Å². The van der Waals surface area contributed by atoms with E-state index < -0.39 is 0 Å². The number of hydrogen-bond donors (Lipinski definition) is 0. The van der Waals surface area contributed by atoms with Crippen LogP contribution >= 0.6 is 0 Å². The van der Waals surface area contributed by atoms with Crippen molar-refractivity contribution in [3.05, 3.63) is 19.1 Å². The maximum absolute atomic E-state index is 3.80. The van der Waals surface area contributed by atoms with Gasteiger partial charge in [0, 0.05) is 0 Å². The molecule has 1 radical (unpaired) electrons. The summed E-state index contributed by atoms with van der Waals surface area (Å²) in [5.41, 5.74) is 0. The lowest BCUT2D eigenvalue weighted by atomic mass is 10.1. The Morgan fingerprint density at radius 1 is 1.30 bits per heavy atom. The van der Waals surface area contributed by atoms with Gasteiger partial charge in [-0.25, -0.2) is 0 Å². The van der Waals surface area contributed by atoms with Crippen LogP contribution < -0.4 is 0 Å². The first-order chi connectivity index (χ1) is 4.93. The third-order valence-electron chi connectivity index (χ3n) is 2.18. The minimum Gasteiger partial charge on any atom is -0.0883 e. The van der Waals surface area contributed by atoms with Crippen LogP contribution in [0.15, 0.2) is 12.2 Å². The highest BCUT2D eigenvalue weighted by Gasteiger charge is 2.10. The highest BCUT2D eigenvalue weighted by Crippen LogP contribution is 2.25. The number of rotatable bonds is 3. The van der Waals surface area contributed by atoms with Crippen LogP contribution in [0.1, 0.15) is 38.5 Å². The molecule has 0 aliphatic heterocycles. The first-order valence-electron chi connectivity index (χ1n) is 4.39. The van der Waals surface area contributed by atoms with E-state index in [0.29, 0.717) is 0 Å². The summed E-state index contributed by atoms with van der Waals surface area (Å²) in [4.78, 5) is 0. The lowest BCUT2D eigenvalue weighted by molar-refractivity contribution is 0.682. The van der Waals surface area contributed by atoms with Gasteiger partial charge in [-0.1, -0.05) is 31.9 Å². The molecule has 0 heterocycles. The summed E-state index contributed by atoms with van der Waals surface area (Å²) in [6, 6.07) is 0. The van der Waals surface area contributed by atoms with E-state index >= 15 is 0 Å². The average Bonchev–Trinajstić information content (AvgIpc) is 2.41. The highest BCUT2D eigenvalue weighted by atomic mass is 14.2. The summed E-state index contributed by atoms with van der Waals surface area (Å²) < 4.78 is 0. The molecule has 0 unspecified atom stereocenters. The summed E-state index contributed by atoms with van der Waals surface area (Å²) in [6.45, 7) is 3.80. The Balaban J connectivity index is 2.10. The summed E-state index contributed by atoms with van der Waals surface area (Å²) in [5, 5.41) is 0. The number of allylic oxidation sites excluding steroid dienone is 2. The summed E-state index contributed by atoms with van der Waals surface area (Å²) in [7, 11) is 0. The van der Waals surface area contributed by atoms with Gasteiger partial charge in [0.2, 0.25) is 0 Å². The molecule has 0 saturated heterocycles. The lowest BCUT2D eigenvalue weighted by Gasteiger charge is -1.98. The molecule has 10 heavy (non-hydrogen) atoms. The van der Waals surface area contributed by atoms with Crippen molar-refractivity contribution in [1.29, 1.82) is 0 Å². The molecule has 0 heteroatoms. The van der Waals surface area contributed by atoms with Crippen molar-refractivity contribution in [3.8, 4) is 0 Å². The van der Waals surface area contributed by atoms with Crippen LogP contribution in [0.2, 0.25) is 0 Å². The van der Waals surface area contributed by atoms with Crippen molar-refractivity contribution in [2.45, 2.75) is 38.5 Å². The van der Waals surface area contributed by atoms with E-state index in [1.807, 2.05) is 0 Å². The van der Waals surface area contributed by atoms with E-state index in [1.165, 1.54) is 25.7 Å². The molecular weight excluding hydrogens is 120 g/mol. The molecule has 1 aliphatic carbocycles. The first-order valence-corrected chi connectivity index (χ1v) is 4.39. The highest BCUT2D eigenvalue weighted by molar-refractivity contribution is 4.90. The van der Waals surface area contributed by atoms with Gasteiger partial charge < -0.3 is 0 Å². The predicted molar refractivity (Wildman–Crippen MR) is 45.7 cm³/mol. The molecule has 1 fully saturated rings. The smallest absolute Gasteiger partial charge is 0.0234 e. The Hall–Kier alpha value is -0.260. The number of hydrogen-bond acceptors (Lipinski definition) is 0. The van der Waals surface area contributed by atoms with Crippen molar-refractivity contribution >= 4 is 0 Å². The fourth-order valence-corrected chi connectivity index (χ4v) is 1.56. The van der Waals surface area contributed by atoms with Crippen LogP contribution in [0.5, 0.6) is 0 Å². The maximum atomic E-state index is 3.80. The van der Waals surface area contributed by atoms with Crippen molar-refractivity contribution in [3.63, 3.8) is 0 Å². The van der Waals surface area contributed by atoms with Gasteiger partial charge in [-0.2, -0.15) is 0 Å². The molecule has 0 aromatic carbocycles. The van der Waals surface area contributed by atoms with E-state index in [1.54, 1.807) is 0 Å². The average molecular weight is 137 g/mol. The van der Waals surface area contributed by atoms with Crippen LogP contribution in [0.4, 0.5) is 0 Å². The molecule has 0 aromatic heterocycles. The fourth-order valence-electron chi connectivity index (χ4n) is 1.56. The normalized spacial score (nSPS) is 20.9. The monoisotopic (exact) mass is 137 g/mol. The third kappa shape index (κ3) is 2.55. The van der Waals surface area contributed by atoms with Gasteiger partial charge >= 0.3 is 0 Å². The topological polar surface area (TPSA) is 0 Å². The molecule has 0 nitrogen and oxygen atoms in total. The second-order valence-electron chi connectivity index (χ2n) is 3.11. The second kappa shape index (κ2) is 4.54. The largest absolute Gasteiger partial charge is 0.0883 e. The summed E-state index contributed by atoms with van der Waals surface area (Å²) in [5.74, 6) is 0.909. The van der Waals surface area contributed by atoms with Gasteiger partial charge in [0.1, 0.15) is 0 Å². The Labute approximate surface area is 64.3 Å². The molecule has 0 atom stereocenters. The quantitative estimate of drug-likeness (QED) is 0.523. The fraction of sp³-hybridized carbons (Fsp3) is 0.700. The van der Waals surface area contributed by atoms with E-state index in [0.717, 1.165) is 18.8 Å². The zero-order valence-corrected chi connectivity index (χ0v) is 6.68. The van der Waals surface area contributed by atoms with Gasteiger partial charge in [-0.3, -0.25) is 0 Å². The standard InChI is InChI=1S/C10H17/c1-2-3-4-7-10-8-5-6-9-10/h4,7,10H,1-3,5-6,8-9H2/b7-4+. The molecule has 57 valence electrons. The Bertz CT molecular complexity index is 96.6. The molecule has 0 bridgehead atoms. The van der Waals surface area contributed by atoms with Gasteiger partial charge in [0.25, 0.3) is 0 Å². The molecule has 1 saturated carbocycles. The summed E-state index contributed by atoms with van der Waals surface area (Å²) in [6.07, 6.45) is 12.6. The zero-order chi connectivity index (χ0) is 7.23. The van der Waals surface area contributed by atoms with Crippen LogP contribution in [0, 0.1) is 12.8 Å². The molecule has 0 N–H and O–H groups in total. The second-order valence-corrected chi connectivity index (χ2v) is 3.11. The molecule has 0 spiro atoms. The lowest BCUT2D eigenvalue weighted by Crippen LogP contribution is -1.84. The van der Waals surface area contributed by atoms with Crippen molar-refractivity contribution in [2.24, 2.45) is 5.92 Å². The van der Waals surface area contributed by atoms with Gasteiger partial charge in [0.15, 0.2) is 0 Å². The van der Waals surface area contributed by atoms with E-state index in [2.05, 4.69) is 19.1 Å². The van der Waals surface area contributed by atoms with Gasteiger partial charge in [-0.15, -0.1) is 0 Å². The molecule has 1 rings (SSSR count).